The van der Waals surface area contributed by atoms with Gasteiger partial charge in [0.2, 0.25) is 0 Å². The molecule has 2 N–H and O–H groups in total. The summed E-state index contributed by atoms with van der Waals surface area (Å²) < 4.78 is 18.3. The van der Waals surface area contributed by atoms with Crippen LogP contribution in [0.2, 0.25) is 10.0 Å². The number of carbonyl (C=O) groups excluding carboxylic acids is 1. The van der Waals surface area contributed by atoms with E-state index in [1.54, 1.807) is 0 Å². The Kier molecular flexibility index (Phi) is 4.16. The molecule has 0 aromatic heterocycles. The molecule has 3 nitrogen and oxygen atoms in total. The lowest BCUT2D eigenvalue weighted by atomic mass is 10.0. The number of anilines is 1. The Hall–Kier alpha value is -1.78. The van der Waals surface area contributed by atoms with E-state index in [9.17, 15) is 9.18 Å². The number of ketones is 1. The number of nitrogen functional groups attached to an aromatic ring is 1. The third-order valence-electron chi connectivity index (χ3n) is 2.67. The van der Waals surface area contributed by atoms with E-state index in [2.05, 4.69) is 0 Å². The fourth-order valence-electron chi connectivity index (χ4n) is 1.76. The molecule has 2 rings (SSSR count). The summed E-state index contributed by atoms with van der Waals surface area (Å²) in [5.41, 5.74) is 5.93. The largest absolute Gasteiger partial charge is 0.495 e. The molecule has 0 saturated carbocycles. The number of rotatable bonds is 3. The van der Waals surface area contributed by atoms with Gasteiger partial charge in [-0.2, -0.15) is 0 Å². The Labute approximate surface area is 125 Å². The Morgan fingerprint density at radius 3 is 2.45 bits per heavy atom. The molecular formula is C14H10Cl2FNO2. The predicted octanol–water partition coefficient (Wildman–Crippen LogP) is 3.95. The van der Waals surface area contributed by atoms with Crippen molar-refractivity contribution in [3.63, 3.8) is 0 Å². The summed E-state index contributed by atoms with van der Waals surface area (Å²) in [6.45, 7) is 0. The van der Waals surface area contributed by atoms with Crippen molar-refractivity contribution in [1.29, 1.82) is 0 Å². The third kappa shape index (κ3) is 2.86. The molecule has 0 bridgehead atoms. The molecular weight excluding hydrogens is 304 g/mol. The van der Waals surface area contributed by atoms with Crippen LogP contribution in [0.15, 0.2) is 30.3 Å². The van der Waals surface area contributed by atoms with Gasteiger partial charge in [0, 0.05) is 22.9 Å². The van der Waals surface area contributed by atoms with E-state index in [1.165, 1.54) is 25.3 Å². The molecule has 104 valence electrons. The van der Waals surface area contributed by atoms with E-state index in [4.69, 9.17) is 33.7 Å². The zero-order chi connectivity index (χ0) is 14.9. The Morgan fingerprint density at radius 2 is 1.85 bits per heavy atom. The fraction of sp³-hybridized carbons (Fsp3) is 0.0714. The monoisotopic (exact) mass is 313 g/mol. The molecule has 0 saturated heterocycles. The van der Waals surface area contributed by atoms with Crippen LogP contribution >= 0.6 is 23.2 Å². The second-order valence-electron chi connectivity index (χ2n) is 4.07. The maximum Gasteiger partial charge on any atom is 0.194 e. The zero-order valence-corrected chi connectivity index (χ0v) is 11.9. The molecule has 0 aliphatic carbocycles. The topological polar surface area (TPSA) is 52.3 Å². The molecule has 0 unspecified atom stereocenters. The van der Waals surface area contributed by atoms with Crippen molar-refractivity contribution in [1.82, 2.24) is 0 Å². The first-order valence-corrected chi connectivity index (χ1v) is 6.31. The smallest absolute Gasteiger partial charge is 0.194 e. The van der Waals surface area contributed by atoms with Crippen molar-refractivity contribution in [2.75, 3.05) is 12.8 Å². The minimum atomic E-state index is -0.593. The van der Waals surface area contributed by atoms with Crippen molar-refractivity contribution >= 4 is 34.7 Å². The van der Waals surface area contributed by atoms with Gasteiger partial charge in [-0.05, 0) is 24.3 Å². The van der Waals surface area contributed by atoms with Crippen molar-refractivity contribution in [3.8, 4) is 5.75 Å². The lowest BCUT2D eigenvalue weighted by Gasteiger charge is -2.09. The molecule has 6 heteroatoms. The summed E-state index contributed by atoms with van der Waals surface area (Å²) >= 11 is 12.0. The van der Waals surface area contributed by atoms with Gasteiger partial charge in [0.25, 0.3) is 0 Å². The summed E-state index contributed by atoms with van der Waals surface area (Å²) in [5.74, 6) is -0.707. The van der Waals surface area contributed by atoms with Crippen molar-refractivity contribution in [2.45, 2.75) is 0 Å². The molecule has 0 heterocycles. The minimum absolute atomic E-state index is 0.102. The van der Waals surface area contributed by atoms with Crippen molar-refractivity contribution in [3.05, 3.63) is 57.3 Å². The fourth-order valence-corrected chi connectivity index (χ4v) is 2.24. The number of carbonyl (C=O) groups is 1. The summed E-state index contributed by atoms with van der Waals surface area (Å²) in [6.07, 6.45) is 0. The normalized spacial score (nSPS) is 10.4. The van der Waals surface area contributed by atoms with E-state index in [1.807, 2.05) is 0 Å². The average molecular weight is 314 g/mol. The van der Waals surface area contributed by atoms with Gasteiger partial charge in [0.15, 0.2) is 5.78 Å². The lowest BCUT2D eigenvalue weighted by Crippen LogP contribution is -2.04. The van der Waals surface area contributed by atoms with Gasteiger partial charge < -0.3 is 10.5 Å². The second-order valence-corrected chi connectivity index (χ2v) is 4.88. The van der Waals surface area contributed by atoms with Crippen LogP contribution in [0.4, 0.5) is 10.1 Å². The van der Waals surface area contributed by atoms with Crippen LogP contribution < -0.4 is 10.5 Å². The first-order valence-electron chi connectivity index (χ1n) is 5.56. The Morgan fingerprint density at radius 1 is 1.15 bits per heavy atom. The third-order valence-corrected chi connectivity index (χ3v) is 3.28. The van der Waals surface area contributed by atoms with E-state index >= 15 is 0 Å². The van der Waals surface area contributed by atoms with E-state index < -0.39 is 11.6 Å². The van der Waals surface area contributed by atoms with Gasteiger partial charge in [0.05, 0.1) is 17.2 Å². The van der Waals surface area contributed by atoms with Gasteiger partial charge in [-0.3, -0.25) is 4.79 Å². The summed E-state index contributed by atoms with van der Waals surface area (Å²) in [5, 5.41) is 0.406. The molecule has 0 aliphatic rings. The highest BCUT2D eigenvalue weighted by Gasteiger charge is 2.17. The van der Waals surface area contributed by atoms with Crippen LogP contribution in [0.3, 0.4) is 0 Å². The van der Waals surface area contributed by atoms with E-state index in [-0.39, 0.29) is 26.9 Å². The first-order chi connectivity index (χ1) is 9.42. The Bertz CT molecular complexity index is 669. The molecule has 0 amide bonds. The number of ether oxygens (including phenoxy) is 1. The summed E-state index contributed by atoms with van der Waals surface area (Å²) in [6, 6.07) is 6.40. The zero-order valence-electron chi connectivity index (χ0n) is 10.4. The Balaban J connectivity index is 2.50. The highest BCUT2D eigenvalue weighted by atomic mass is 35.5. The van der Waals surface area contributed by atoms with E-state index in [0.29, 0.717) is 5.75 Å². The van der Waals surface area contributed by atoms with Crippen LogP contribution in [-0.2, 0) is 0 Å². The number of benzene rings is 2. The minimum Gasteiger partial charge on any atom is -0.495 e. The number of halogens is 3. The molecule has 0 spiro atoms. The molecule has 0 fully saturated rings. The average Bonchev–Trinajstić information content (AvgIpc) is 2.39. The second kappa shape index (κ2) is 5.69. The standard InChI is InChI=1S/C14H10Cl2FNO2/c1-20-13-6-11(15)10(5-12(13)16)14(19)7-2-8(17)4-9(18)3-7/h2-6H,18H2,1H3. The van der Waals surface area contributed by atoms with Gasteiger partial charge in [0.1, 0.15) is 11.6 Å². The molecule has 2 aromatic carbocycles. The van der Waals surface area contributed by atoms with Gasteiger partial charge in [-0.1, -0.05) is 23.2 Å². The van der Waals surface area contributed by atoms with E-state index in [0.717, 1.165) is 12.1 Å². The van der Waals surface area contributed by atoms with Crippen molar-refractivity contribution in [2.24, 2.45) is 0 Å². The number of hydrogen-bond acceptors (Lipinski definition) is 3. The lowest BCUT2D eigenvalue weighted by molar-refractivity contribution is 0.103. The SMILES string of the molecule is COc1cc(Cl)c(C(=O)c2cc(N)cc(F)c2)cc1Cl. The van der Waals surface area contributed by atoms with Gasteiger partial charge in [-0.15, -0.1) is 0 Å². The quantitative estimate of drug-likeness (QED) is 0.689. The highest BCUT2D eigenvalue weighted by Crippen LogP contribution is 2.32. The van der Waals surface area contributed by atoms with Crippen LogP contribution in [0.25, 0.3) is 0 Å². The first kappa shape index (κ1) is 14.6. The number of nitrogens with two attached hydrogens (primary N) is 1. The van der Waals surface area contributed by atoms with Crippen LogP contribution in [0.1, 0.15) is 15.9 Å². The summed E-state index contributed by atoms with van der Waals surface area (Å²) in [7, 11) is 1.44. The van der Waals surface area contributed by atoms with Crippen LogP contribution in [0.5, 0.6) is 5.75 Å². The van der Waals surface area contributed by atoms with Crippen LogP contribution in [0, 0.1) is 5.82 Å². The van der Waals surface area contributed by atoms with Gasteiger partial charge in [-0.25, -0.2) is 4.39 Å². The maximum absolute atomic E-state index is 13.3. The van der Waals surface area contributed by atoms with Crippen LogP contribution in [-0.4, -0.2) is 12.9 Å². The predicted molar refractivity (Wildman–Crippen MR) is 77.3 cm³/mol. The molecule has 0 aliphatic heterocycles. The van der Waals surface area contributed by atoms with Gasteiger partial charge >= 0.3 is 0 Å². The molecule has 0 atom stereocenters. The van der Waals surface area contributed by atoms with Crippen molar-refractivity contribution < 1.29 is 13.9 Å². The molecule has 20 heavy (non-hydrogen) atoms. The highest BCUT2D eigenvalue weighted by molar-refractivity contribution is 6.37. The number of methoxy groups -OCH3 is 1. The number of hydrogen-bond donors (Lipinski definition) is 1. The molecule has 0 radical (unpaired) electrons. The summed E-state index contributed by atoms with van der Waals surface area (Å²) in [4.78, 5) is 12.3. The molecule has 2 aromatic rings. The maximum atomic E-state index is 13.3.